The van der Waals surface area contributed by atoms with E-state index in [2.05, 4.69) is 5.32 Å². The molecule has 1 N–H and O–H groups in total. The van der Waals surface area contributed by atoms with Gasteiger partial charge in [-0.25, -0.2) is 0 Å². The van der Waals surface area contributed by atoms with E-state index in [0.717, 1.165) is 38.0 Å². The molecule has 0 atom stereocenters. The molecule has 0 bridgehead atoms. The fourth-order valence-corrected chi connectivity index (χ4v) is 1.89. The molecule has 1 aromatic rings. The fourth-order valence-electron chi connectivity index (χ4n) is 1.71. The van der Waals surface area contributed by atoms with Crippen molar-refractivity contribution in [2.45, 2.75) is 25.8 Å². The number of nitrogens with zero attached hydrogens (tertiary/aromatic N) is 1. The van der Waals surface area contributed by atoms with Gasteiger partial charge in [-0.1, -0.05) is 11.6 Å². The van der Waals surface area contributed by atoms with Crippen molar-refractivity contribution in [2.24, 2.45) is 0 Å². The van der Waals surface area contributed by atoms with E-state index in [1.54, 1.807) is 13.2 Å². The van der Waals surface area contributed by atoms with Gasteiger partial charge in [-0.2, -0.15) is 0 Å². The maximum absolute atomic E-state index is 10.7. The van der Waals surface area contributed by atoms with Crippen molar-refractivity contribution in [1.82, 2.24) is 5.32 Å². The predicted octanol–water partition coefficient (Wildman–Crippen LogP) is 3.15. The van der Waals surface area contributed by atoms with E-state index < -0.39 is 4.92 Å². The monoisotopic (exact) mass is 286 g/mol. The smallest absolute Gasteiger partial charge is 0.269 e. The highest BCUT2D eigenvalue weighted by atomic mass is 35.5. The molecule has 0 unspecified atom stereocenters. The second kappa shape index (κ2) is 8.85. The van der Waals surface area contributed by atoms with E-state index >= 15 is 0 Å². The van der Waals surface area contributed by atoms with Crippen LogP contribution in [0.1, 0.15) is 24.8 Å². The first kappa shape index (κ1) is 15.9. The zero-order valence-electron chi connectivity index (χ0n) is 11.0. The number of ether oxygens (including phenoxy) is 1. The third kappa shape index (κ3) is 6.00. The van der Waals surface area contributed by atoms with Gasteiger partial charge in [0, 0.05) is 37.4 Å². The Morgan fingerprint density at radius 2 is 2.16 bits per heavy atom. The molecular weight excluding hydrogens is 268 g/mol. The van der Waals surface area contributed by atoms with E-state index in [4.69, 9.17) is 16.3 Å². The highest BCUT2D eigenvalue weighted by molar-refractivity contribution is 6.31. The van der Waals surface area contributed by atoms with E-state index in [0.29, 0.717) is 11.6 Å². The molecule has 0 aromatic heterocycles. The third-order valence-electron chi connectivity index (χ3n) is 2.76. The van der Waals surface area contributed by atoms with Crippen molar-refractivity contribution < 1.29 is 9.66 Å². The molecule has 0 saturated carbocycles. The summed E-state index contributed by atoms with van der Waals surface area (Å²) in [5.41, 5.74) is 0.828. The van der Waals surface area contributed by atoms with E-state index in [9.17, 15) is 10.1 Å². The molecule has 6 heteroatoms. The number of hydrogen-bond donors (Lipinski definition) is 1. The third-order valence-corrected chi connectivity index (χ3v) is 3.13. The Bertz CT molecular complexity index is 413. The average molecular weight is 287 g/mol. The zero-order chi connectivity index (χ0) is 14.1. The van der Waals surface area contributed by atoms with Crippen molar-refractivity contribution in [3.63, 3.8) is 0 Å². The number of unbranched alkanes of at least 4 members (excludes halogenated alkanes) is 2. The molecule has 106 valence electrons. The van der Waals surface area contributed by atoms with Crippen LogP contribution in [-0.2, 0) is 11.3 Å². The van der Waals surface area contributed by atoms with Crippen molar-refractivity contribution in [3.05, 3.63) is 38.9 Å². The Morgan fingerprint density at radius 1 is 1.37 bits per heavy atom. The highest BCUT2D eigenvalue weighted by Gasteiger charge is 2.09. The van der Waals surface area contributed by atoms with Crippen LogP contribution in [0.15, 0.2) is 18.2 Å². The van der Waals surface area contributed by atoms with Crippen LogP contribution in [0.4, 0.5) is 5.69 Å². The zero-order valence-corrected chi connectivity index (χ0v) is 11.8. The van der Waals surface area contributed by atoms with Crippen LogP contribution in [0.2, 0.25) is 5.02 Å². The van der Waals surface area contributed by atoms with Gasteiger partial charge >= 0.3 is 0 Å². The molecule has 0 fully saturated rings. The summed E-state index contributed by atoms with van der Waals surface area (Å²) in [6, 6.07) is 4.49. The van der Waals surface area contributed by atoms with Crippen molar-refractivity contribution in [1.29, 1.82) is 0 Å². The molecular formula is C13H19ClN2O3. The number of nitrogens with one attached hydrogen (secondary N) is 1. The van der Waals surface area contributed by atoms with Gasteiger partial charge in [0.1, 0.15) is 0 Å². The lowest BCUT2D eigenvalue weighted by molar-refractivity contribution is -0.384. The van der Waals surface area contributed by atoms with Gasteiger partial charge in [-0.15, -0.1) is 0 Å². The second-order valence-corrected chi connectivity index (χ2v) is 4.67. The number of nitro groups is 1. The quantitative estimate of drug-likeness (QED) is 0.430. The molecule has 19 heavy (non-hydrogen) atoms. The van der Waals surface area contributed by atoms with E-state index in [1.807, 2.05) is 0 Å². The van der Waals surface area contributed by atoms with Gasteiger partial charge in [0.2, 0.25) is 0 Å². The van der Waals surface area contributed by atoms with Crippen LogP contribution < -0.4 is 5.32 Å². The summed E-state index contributed by atoms with van der Waals surface area (Å²) >= 11 is 6.00. The number of halogens is 1. The van der Waals surface area contributed by atoms with Gasteiger partial charge in [-0.3, -0.25) is 10.1 Å². The number of methoxy groups -OCH3 is 1. The summed E-state index contributed by atoms with van der Waals surface area (Å²) in [6.45, 7) is 2.20. The van der Waals surface area contributed by atoms with Crippen LogP contribution in [0.5, 0.6) is 0 Å². The Balaban J connectivity index is 2.32. The van der Waals surface area contributed by atoms with E-state index in [-0.39, 0.29) is 5.69 Å². The first-order valence-corrected chi connectivity index (χ1v) is 6.65. The molecule has 0 spiro atoms. The lowest BCUT2D eigenvalue weighted by Gasteiger charge is -2.06. The molecule has 1 aromatic carbocycles. The molecule has 0 aliphatic heterocycles. The van der Waals surface area contributed by atoms with Gasteiger partial charge in [0.25, 0.3) is 5.69 Å². The molecule has 0 amide bonds. The molecule has 0 aliphatic carbocycles. The van der Waals surface area contributed by atoms with Crippen LogP contribution in [0.25, 0.3) is 0 Å². The molecule has 5 nitrogen and oxygen atoms in total. The van der Waals surface area contributed by atoms with E-state index in [1.165, 1.54) is 12.1 Å². The molecule has 0 aliphatic rings. The van der Waals surface area contributed by atoms with Crippen molar-refractivity contribution >= 4 is 17.3 Å². The summed E-state index contributed by atoms with van der Waals surface area (Å²) in [7, 11) is 1.70. The number of hydrogen-bond acceptors (Lipinski definition) is 4. The minimum atomic E-state index is -0.412. The van der Waals surface area contributed by atoms with Crippen molar-refractivity contribution in [2.75, 3.05) is 20.3 Å². The first-order chi connectivity index (χ1) is 9.15. The first-order valence-electron chi connectivity index (χ1n) is 6.27. The van der Waals surface area contributed by atoms with Gasteiger partial charge < -0.3 is 10.1 Å². The number of non-ortho nitro benzene ring substituents is 1. The maximum Gasteiger partial charge on any atom is 0.269 e. The summed E-state index contributed by atoms with van der Waals surface area (Å²) < 4.78 is 4.97. The average Bonchev–Trinajstić information content (AvgIpc) is 2.39. The van der Waals surface area contributed by atoms with Crippen LogP contribution in [0, 0.1) is 10.1 Å². The fraction of sp³-hybridized carbons (Fsp3) is 0.538. The normalized spacial score (nSPS) is 10.6. The van der Waals surface area contributed by atoms with Crippen LogP contribution >= 0.6 is 11.6 Å². The summed E-state index contributed by atoms with van der Waals surface area (Å²) in [5, 5.41) is 14.5. The Hall–Kier alpha value is -1.17. The topological polar surface area (TPSA) is 64.4 Å². The highest BCUT2D eigenvalue weighted by Crippen LogP contribution is 2.21. The predicted molar refractivity (Wildman–Crippen MR) is 75.5 cm³/mol. The maximum atomic E-state index is 10.7. The number of nitro benzene ring substituents is 1. The molecule has 0 saturated heterocycles. The van der Waals surface area contributed by atoms with Crippen molar-refractivity contribution in [3.8, 4) is 0 Å². The van der Waals surface area contributed by atoms with Crippen LogP contribution in [0.3, 0.4) is 0 Å². The Kier molecular flexibility index (Phi) is 7.40. The Morgan fingerprint density at radius 3 is 2.84 bits per heavy atom. The largest absolute Gasteiger partial charge is 0.385 e. The molecule has 1 rings (SSSR count). The number of rotatable bonds is 9. The SMILES string of the molecule is COCCCCCNCc1cc([N+](=O)[O-])ccc1Cl. The lowest BCUT2D eigenvalue weighted by Crippen LogP contribution is -2.15. The molecule has 0 radical (unpaired) electrons. The minimum Gasteiger partial charge on any atom is -0.385 e. The van der Waals surface area contributed by atoms with Gasteiger partial charge in [-0.05, 0) is 37.4 Å². The van der Waals surface area contributed by atoms with Crippen LogP contribution in [-0.4, -0.2) is 25.2 Å². The standard InChI is InChI=1S/C13H19ClN2O3/c1-19-8-4-2-3-7-15-10-11-9-12(16(17)18)5-6-13(11)14/h5-6,9,15H,2-4,7-8,10H2,1H3. The Labute approximate surface area is 118 Å². The lowest BCUT2D eigenvalue weighted by atomic mass is 10.2. The number of benzene rings is 1. The summed E-state index contributed by atoms with van der Waals surface area (Å²) in [4.78, 5) is 10.3. The molecule has 0 heterocycles. The second-order valence-electron chi connectivity index (χ2n) is 4.26. The van der Waals surface area contributed by atoms with Gasteiger partial charge in [0.05, 0.1) is 4.92 Å². The summed E-state index contributed by atoms with van der Waals surface area (Å²) in [6.07, 6.45) is 3.20. The minimum absolute atomic E-state index is 0.0706. The van der Waals surface area contributed by atoms with Gasteiger partial charge in [0.15, 0.2) is 0 Å². The summed E-state index contributed by atoms with van der Waals surface area (Å²) in [5.74, 6) is 0.